The minimum absolute atomic E-state index is 0.0683. The van der Waals surface area contributed by atoms with Gasteiger partial charge in [-0.3, -0.25) is 13.8 Å². The predicted octanol–water partition coefficient (Wildman–Crippen LogP) is 9.49. The molecule has 1 aliphatic carbocycles. The Morgan fingerprint density at radius 2 is 1.41 bits per heavy atom. The van der Waals surface area contributed by atoms with Crippen LogP contribution in [0.4, 0.5) is 5.82 Å². The van der Waals surface area contributed by atoms with Crippen LogP contribution in [-0.4, -0.2) is 69.1 Å². The second-order valence-electron chi connectivity index (χ2n) is 14.8. The summed E-state index contributed by atoms with van der Waals surface area (Å²) in [5, 5.41) is 22.8. The Hall–Kier alpha value is -2.78. The molecular formula is C40H63N4O4S+. The van der Waals surface area contributed by atoms with E-state index >= 15 is 0 Å². The minimum atomic E-state index is -0.0683. The number of ether oxygens (including phenoxy) is 1. The summed E-state index contributed by atoms with van der Waals surface area (Å²) < 4.78 is 14.5. The van der Waals surface area contributed by atoms with Crippen molar-refractivity contribution in [1.82, 2.24) is 8.94 Å². The van der Waals surface area contributed by atoms with Crippen molar-refractivity contribution in [3.05, 3.63) is 35.4 Å². The van der Waals surface area contributed by atoms with Gasteiger partial charge in [-0.25, -0.2) is 0 Å². The number of quaternary nitrogens is 1. The molecule has 2 aliphatic rings. The van der Waals surface area contributed by atoms with E-state index in [0.29, 0.717) is 19.7 Å². The van der Waals surface area contributed by atoms with Crippen molar-refractivity contribution in [2.24, 2.45) is 0 Å². The third-order valence-corrected chi connectivity index (χ3v) is 11.9. The van der Waals surface area contributed by atoms with Gasteiger partial charge in [0.2, 0.25) is 6.73 Å². The van der Waals surface area contributed by atoms with E-state index in [2.05, 4.69) is 36.1 Å². The van der Waals surface area contributed by atoms with Crippen LogP contribution in [0, 0.1) is 0 Å². The number of carbonyl (C=O) groups is 1. The van der Waals surface area contributed by atoms with E-state index < -0.39 is 0 Å². The highest BCUT2D eigenvalue weighted by atomic mass is 32.1. The lowest BCUT2D eigenvalue weighted by Gasteiger charge is -2.44. The maximum absolute atomic E-state index is 12.9. The van der Waals surface area contributed by atoms with E-state index in [4.69, 9.17) is 9.11 Å². The van der Waals surface area contributed by atoms with Crippen LogP contribution in [-0.2, 0) is 28.9 Å². The summed E-state index contributed by atoms with van der Waals surface area (Å²) in [4.78, 5) is 15.3. The van der Waals surface area contributed by atoms with Crippen LogP contribution >= 0.6 is 11.5 Å². The average molecular weight is 696 g/mol. The number of piperazine rings is 1. The molecule has 0 saturated carbocycles. The van der Waals surface area contributed by atoms with Gasteiger partial charge in [-0.05, 0) is 68.6 Å². The molecular weight excluding hydrogens is 633 g/mol. The van der Waals surface area contributed by atoms with Crippen LogP contribution in [0.25, 0.3) is 10.1 Å². The third-order valence-electron chi connectivity index (χ3n) is 11.1. The van der Waals surface area contributed by atoms with Crippen molar-refractivity contribution in [1.29, 1.82) is 0 Å². The van der Waals surface area contributed by atoms with Gasteiger partial charge in [-0.1, -0.05) is 96.1 Å². The maximum Gasteiger partial charge on any atom is 0.310 e. The Balaban J connectivity index is 1.05. The van der Waals surface area contributed by atoms with Crippen LogP contribution < -0.4 is 4.90 Å². The molecule has 0 spiro atoms. The molecule has 1 aromatic carbocycles. The fourth-order valence-electron chi connectivity index (χ4n) is 7.94. The zero-order valence-electron chi connectivity index (χ0n) is 30.3. The molecule has 3 aromatic rings. The first-order valence-electron chi connectivity index (χ1n) is 19.7. The van der Waals surface area contributed by atoms with Gasteiger partial charge >= 0.3 is 5.97 Å². The van der Waals surface area contributed by atoms with E-state index in [-0.39, 0.29) is 17.7 Å². The van der Waals surface area contributed by atoms with Gasteiger partial charge in [0.15, 0.2) is 17.6 Å². The molecule has 8 nitrogen and oxygen atoms in total. The summed E-state index contributed by atoms with van der Waals surface area (Å²) in [6.45, 7) is 7.72. The molecule has 3 heterocycles. The van der Waals surface area contributed by atoms with Gasteiger partial charge in [0.05, 0.1) is 37.4 Å². The standard InChI is InChI=1S/C40H62N4O4S/c1-2-3-4-5-6-7-8-9-10-11-12-13-14-25-37(45)48-32-44(29-20-19-26-43-39(46)33-21-15-16-22-34(33)40(43)47)30-27-42(28-31-44)38-35-23-17-18-24-36(35)49-41-38/h17-18,23-24H,2-16,19-22,25-32H2,1H3,(H-,46,47)/p+1. The number of benzene rings is 1. The number of rotatable bonds is 22. The molecule has 0 amide bonds. The summed E-state index contributed by atoms with van der Waals surface area (Å²) >= 11 is 1.56. The van der Waals surface area contributed by atoms with E-state index in [1.165, 1.54) is 80.7 Å². The van der Waals surface area contributed by atoms with Crippen molar-refractivity contribution >= 4 is 33.4 Å². The fraction of sp³-hybridized carbons (Fsp3) is 0.700. The maximum atomic E-state index is 12.9. The topological polar surface area (TPSA) is 87.8 Å². The molecule has 49 heavy (non-hydrogen) atoms. The summed E-state index contributed by atoms with van der Waals surface area (Å²) in [6, 6.07) is 8.44. The van der Waals surface area contributed by atoms with E-state index in [0.717, 1.165) is 106 Å². The number of aromatic nitrogens is 2. The normalized spacial score (nSPS) is 15.9. The molecule has 1 fully saturated rings. The number of fused-ring (bicyclic) bond motifs is 2. The van der Waals surface area contributed by atoms with Crippen molar-refractivity contribution in [3.63, 3.8) is 0 Å². The first-order chi connectivity index (χ1) is 24.0. The van der Waals surface area contributed by atoms with Gasteiger partial charge in [0.1, 0.15) is 0 Å². The highest BCUT2D eigenvalue weighted by Crippen LogP contribution is 2.39. The third kappa shape index (κ3) is 10.6. The lowest BCUT2D eigenvalue weighted by molar-refractivity contribution is -0.944. The number of anilines is 1. The second kappa shape index (κ2) is 19.6. The molecule has 0 unspecified atom stereocenters. The second-order valence-corrected chi connectivity index (χ2v) is 15.6. The van der Waals surface area contributed by atoms with Crippen LogP contribution in [0.3, 0.4) is 0 Å². The molecule has 1 aliphatic heterocycles. The lowest BCUT2D eigenvalue weighted by atomic mass is 9.95. The number of unbranched alkanes of at least 4 members (excludes halogenated alkanes) is 13. The Kier molecular flexibility index (Phi) is 15.0. The first kappa shape index (κ1) is 37.5. The fourth-order valence-corrected chi connectivity index (χ4v) is 8.74. The van der Waals surface area contributed by atoms with E-state index in [1.54, 1.807) is 16.1 Å². The van der Waals surface area contributed by atoms with Gasteiger partial charge < -0.3 is 19.8 Å². The highest BCUT2D eigenvalue weighted by molar-refractivity contribution is 7.13. The van der Waals surface area contributed by atoms with Crippen LogP contribution in [0.2, 0.25) is 0 Å². The first-order valence-corrected chi connectivity index (χ1v) is 20.5. The lowest BCUT2D eigenvalue weighted by Crippen LogP contribution is -2.61. The van der Waals surface area contributed by atoms with Crippen LogP contribution in [0.5, 0.6) is 11.8 Å². The molecule has 0 atom stereocenters. The molecule has 272 valence electrons. The molecule has 0 radical (unpaired) electrons. The summed E-state index contributed by atoms with van der Waals surface area (Å²) in [5.41, 5.74) is 1.88. The van der Waals surface area contributed by atoms with E-state index in [1.807, 2.05) is 0 Å². The monoisotopic (exact) mass is 695 g/mol. The Morgan fingerprint density at radius 1 is 0.816 bits per heavy atom. The molecule has 2 N–H and O–H groups in total. The predicted molar refractivity (Wildman–Crippen MR) is 202 cm³/mol. The van der Waals surface area contributed by atoms with Crippen molar-refractivity contribution in [2.45, 2.75) is 142 Å². The van der Waals surface area contributed by atoms with Gasteiger partial charge in [-0.2, -0.15) is 4.37 Å². The minimum Gasteiger partial charge on any atom is -0.494 e. The Bertz CT molecular complexity index is 1400. The molecule has 2 aromatic heterocycles. The Labute approximate surface area is 299 Å². The number of hydrogen-bond donors (Lipinski definition) is 2. The molecule has 9 heteroatoms. The number of aromatic hydroxyl groups is 2. The summed E-state index contributed by atoms with van der Waals surface area (Å²) in [5.74, 6) is 1.51. The smallest absolute Gasteiger partial charge is 0.310 e. The van der Waals surface area contributed by atoms with Crippen LogP contribution in [0.1, 0.15) is 134 Å². The van der Waals surface area contributed by atoms with Gasteiger partial charge in [-0.15, -0.1) is 0 Å². The number of hydrogen-bond acceptors (Lipinski definition) is 7. The SMILES string of the molecule is CCCCCCCCCCCCCCCC(=O)OC[N+]1(CCCCn2c(O)c3c(c2O)CCCC3)CCN(c2nsc3ccccc23)CC1. The summed E-state index contributed by atoms with van der Waals surface area (Å²) in [6.07, 6.45) is 22.9. The Morgan fingerprint density at radius 3 is 2.04 bits per heavy atom. The zero-order chi connectivity index (χ0) is 34.3. The number of nitrogens with zero attached hydrogens (tertiary/aromatic N) is 4. The molecule has 1 saturated heterocycles. The average Bonchev–Trinajstić information content (AvgIpc) is 3.66. The van der Waals surface area contributed by atoms with Gasteiger partial charge in [0, 0.05) is 29.5 Å². The van der Waals surface area contributed by atoms with Crippen LogP contribution in [0.15, 0.2) is 24.3 Å². The largest absolute Gasteiger partial charge is 0.494 e. The molecule has 5 rings (SSSR count). The van der Waals surface area contributed by atoms with E-state index in [9.17, 15) is 15.0 Å². The van der Waals surface area contributed by atoms with Crippen molar-refractivity contribution in [2.75, 3.05) is 44.4 Å². The highest BCUT2D eigenvalue weighted by Gasteiger charge is 2.35. The number of esters is 1. The number of carbonyl (C=O) groups excluding carboxylic acids is 1. The summed E-state index contributed by atoms with van der Waals surface area (Å²) in [7, 11) is 0. The zero-order valence-corrected chi connectivity index (χ0v) is 31.1. The quantitative estimate of drug-likeness (QED) is 0.0619. The van der Waals surface area contributed by atoms with Crippen molar-refractivity contribution < 1.29 is 24.2 Å². The molecule has 0 bridgehead atoms. The van der Waals surface area contributed by atoms with Crippen molar-refractivity contribution in [3.8, 4) is 11.8 Å². The van der Waals surface area contributed by atoms with Gasteiger partial charge in [0.25, 0.3) is 0 Å².